The molecule has 2 atom stereocenters. The second kappa shape index (κ2) is 10.7. The van der Waals surface area contributed by atoms with E-state index in [-0.39, 0.29) is 0 Å². The molecule has 128 valence electrons. The standard InChI is InChI=1S/C23H36/c1-3-5-7-11-21-16-18-23(19-17-21)22(4-2)15-10-14-20-12-8-6-9-13-20/h6,8-9,12-13,18,21-22H,3-5,7,10-11,14-17,19H2,1-2H3. The van der Waals surface area contributed by atoms with Crippen LogP contribution in [0.2, 0.25) is 0 Å². The lowest BCUT2D eigenvalue weighted by molar-refractivity contribution is 0.391. The van der Waals surface area contributed by atoms with Crippen molar-refractivity contribution in [3.8, 4) is 0 Å². The van der Waals surface area contributed by atoms with Crippen LogP contribution in [0.25, 0.3) is 0 Å². The molecule has 0 heteroatoms. The number of hydrogen-bond donors (Lipinski definition) is 0. The van der Waals surface area contributed by atoms with Crippen molar-refractivity contribution in [2.75, 3.05) is 0 Å². The Kier molecular flexibility index (Phi) is 8.50. The van der Waals surface area contributed by atoms with Crippen LogP contribution in [0, 0.1) is 11.8 Å². The van der Waals surface area contributed by atoms with Crippen molar-refractivity contribution in [2.24, 2.45) is 11.8 Å². The Hall–Kier alpha value is -1.04. The van der Waals surface area contributed by atoms with Gasteiger partial charge in [0, 0.05) is 0 Å². The third-order valence-electron chi connectivity index (χ3n) is 5.65. The summed E-state index contributed by atoms with van der Waals surface area (Å²) in [6.07, 6.45) is 17.7. The molecule has 0 saturated carbocycles. The summed E-state index contributed by atoms with van der Waals surface area (Å²) < 4.78 is 0. The van der Waals surface area contributed by atoms with Crippen molar-refractivity contribution in [1.29, 1.82) is 0 Å². The maximum absolute atomic E-state index is 2.62. The lowest BCUT2D eigenvalue weighted by Crippen LogP contribution is -2.12. The average molecular weight is 313 g/mol. The van der Waals surface area contributed by atoms with Crippen LogP contribution in [0.15, 0.2) is 42.0 Å². The molecule has 1 aliphatic carbocycles. The molecular weight excluding hydrogens is 276 g/mol. The number of allylic oxidation sites excluding steroid dienone is 2. The Labute approximate surface area is 144 Å². The fourth-order valence-corrected chi connectivity index (χ4v) is 4.07. The molecule has 0 N–H and O–H groups in total. The van der Waals surface area contributed by atoms with Gasteiger partial charge in [-0.25, -0.2) is 0 Å². The van der Waals surface area contributed by atoms with Gasteiger partial charge in [-0.2, -0.15) is 0 Å². The molecule has 1 aromatic rings. The average Bonchev–Trinajstić information content (AvgIpc) is 2.61. The molecule has 1 aliphatic rings. The maximum Gasteiger partial charge on any atom is -0.0206 e. The van der Waals surface area contributed by atoms with E-state index in [9.17, 15) is 0 Å². The first-order valence-corrected chi connectivity index (χ1v) is 10.1. The second-order valence-corrected chi connectivity index (χ2v) is 7.40. The predicted molar refractivity (Wildman–Crippen MR) is 103 cm³/mol. The maximum atomic E-state index is 2.62. The van der Waals surface area contributed by atoms with Gasteiger partial charge in [-0.1, -0.05) is 81.5 Å². The Morgan fingerprint density at radius 3 is 2.52 bits per heavy atom. The third kappa shape index (κ3) is 6.53. The SMILES string of the molecule is CCCCCC1CC=C(C(CC)CCCc2ccccc2)CC1. The summed E-state index contributed by atoms with van der Waals surface area (Å²) in [5, 5.41) is 0. The lowest BCUT2D eigenvalue weighted by Gasteiger charge is -2.27. The van der Waals surface area contributed by atoms with Gasteiger partial charge in [-0.3, -0.25) is 0 Å². The van der Waals surface area contributed by atoms with E-state index in [2.05, 4.69) is 50.3 Å². The zero-order chi connectivity index (χ0) is 16.3. The van der Waals surface area contributed by atoms with Crippen LogP contribution in [0.4, 0.5) is 0 Å². The number of rotatable bonds is 10. The molecule has 0 saturated heterocycles. The van der Waals surface area contributed by atoms with Crippen LogP contribution in [-0.4, -0.2) is 0 Å². The van der Waals surface area contributed by atoms with Gasteiger partial charge in [-0.05, 0) is 62.3 Å². The third-order valence-corrected chi connectivity index (χ3v) is 5.65. The van der Waals surface area contributed by atoms with E-state index in [1.165, 1.54) is 76.2 Å². The van der Waals surface area contributed by atoms with Gasteiger partial charge in [-0.15, -0.1) is 0 Å². The molecule has 0 amide bonds. The number of hydrogen-bond acceptors (Lipinski definition) is 0. The molecule has 23 heavy (non-hydrogen) atoms. The highest BCUT2D eigenvalue weighted by molar-refractivity contribution is 5.15. The molecule has 0 spiro atoms. The van der Waals surface area contributed by atoms with Crippen LogP contribution < -0.4 is 0 Å². The van der Waals surface area contributed by atoms with Gasteiger partial charge >= 0.3 is 0 Å². The molecule has 0 aliphatic heterocycles. The summed E-state index contributed by atoms with van der Waals surface area (Å²) in [6, 6.07) is 11.0. The fourth-order valence-electron chi connectivity index (χ4n) is 4.07. The normalized spacial score (nSPS) is 19.4. The molecule has 0 bridgehead atoms. The van der Waals surface area contributed by atoms with Crippen molar-refractivity contribution in [2.45, 2.75) is 84.5 Å². The predicted octanol–water partition coefficient (Wildman–Crippen LogP) is 7.34. The first kappa shape index (κ1) is 18.3. The molecule has 0 heterocycles. The summed E-state index contributed by atoms with van der Waals surface area (Å²) >= 11 is 0. The highest BCUT2D eigenvalue weighted by Gasteiger charge is 2.19. The van der Waals surface area contributed by atoms with E-state index < -0.39 is 0 Å². The van der Waals surface area contributed by atoms with Gasteiger partial charge in [0.05, 0.1) is 0 Å². The van der Waals surface area contributed by atoms with Crippen LogP contribution in [0.5, 0.6) is 0 Å². The van der Waals surface area contributed by atoms with Crippen LogP contribution in [0.1, 0.15) is 83.6 Å². The van der Waals surface area contributed by atoms with E-state index in [0.717, 1.165) is 11.8 Å². The Bertz CT molecular complexity index is 442. The lowest BCUT2D eigenvalue weighted by atomic mass is 9.79. The summed E-state index contributed by atoms with van der Waals surface area (Å²) in [4.78, 5) is 0. The zero-order valence-corrected chi connectivity index (χ0v) is 15.4. The molecular formula is C23H36. The van der Waals surface area contributed by atoms with Crippen LogP contribution >= 0.6 is 0 Å². The van der Waals surface area contributed by atoms with Crippen LogP contribution in [0.3, 0.4) is 0 Å². The van der Waals surface area contributed by atoms with Gasteiger partial charge in [0.15, 0.2) is 0 Å². The minimum absolute atomic E-state index is 0.843. The summed E-state index contributed by atoms with van der Waals surface area (Å²) in [7, 11) is 0. The topological polar surface area (TPSA) is 0 Å². The molecule has 0 fully saturated rings. The summed E-state index contributed by atoms with van der Waals surface area (Å²) in [5.41, 5.74) is 3.28. The van der Waals surface area contributed by atoms with E-state index in [4.69, 9.17) is 0 Å². The quantitative estimate of drug-likeness (QED) is 0.313. The molecule has 0 nitrogen and oxygen atoms in total. The van der Waals surface area contributed by atoms with Crippen molar-refractivity contribution in [3.63, 3.8) is 0 Å². The van der Waals surface area contributed by atoms with Crippen molar-refractivity contribution in [3.05, 3.63) is 47.5 Å². The summed E-state index contributed by atoms with van der Waals surface area (Å²) in [5.74, 6) is 1.82. The van der Waals surface area contributed by atoms with Gasteiger partial charge in [0.1, 0.15) is 0 Å². The zero-order valence-electron chi connectivity index (χ0n) is 15.4. The monoisotopic (exact) mass is 312 g/mol. The Morgan fingerprint density at radius 1 is 1.04 bits per heavy atom. The Balaban J connectivity index is 1.73. The van der Waals surface area contributed by atoms with Crippen LogP contribution in [-0.2, 0) is 6.42 Å². The van der Waals surface area contributed by atoms with Gasteiger partial charge in [0.2, 0.25) is 0 Å². The molecule has 0 radical (unpaired) electrons. The molecule has 2 unspecified atom stereocenters. The van der Waals surface area contributed by atoms with E-state index in [1.807, 2.05) is 0 Å². The first-order chi connectivity index (χ1) is 11.3. The van der Waals surface area contributed by atoms with E-state index >= 15 is 0 Å². The first-order valence-electron chi connectivity index (χ1n) is 10.1. The van der Waals surface area contributed by atoms with E-state index in [1.54, 1.807) is 5.57 Å². The summed E-state index contributed by atoms with van der Waals surface area (Å²) in [6.45, 7) is 4.68. The van der Waals surface area contributed by atoms with Gasteiger partial charge in [0.25, 0.3) is 0 Å². The number of aryl methyl sites for hydroxylation is 1. The van der Waals surface area contributed by atoms with Crippen molar-refractivity contribution >= 4 is 0 Å². The van der Waals surface area contributed by atoms with Gasteiger partial charge < -0.3 is 0 Å². The number of unbranched alkanes of at least 4 members (excludes halogenated alkanes) is 2. The highest BCUT2D eigenvalue weighted by Crippen LogP contribution is 2.34. The minimum Gasteiger partial charge on any atom is -0.0848 e. The highest BCUT2D eigenvalue weighted by atomic mass is 14.2. The minimum atomic E-state index is 0.843. The number of benzene rings is 1. The second-order valence-electron chi connectivity index (χ2n) is 7.40. The molecule has 1 aromatic carbocycles. The molecule has 0 aromatic heterocycles. The van der Waals surface area contributed by atoms with Crippen molar-refractivity contribution in [1.82, 2.24) is 0 Å². The fraction of sp³-hybridized carbons (Fsp3) is 0.652. The van der Waals surface area contributed by atoms with E-state index in [0.29, 0.717) is 0 Å². The Morgan fingerprint density at radius 2 is 1.87 bits per heavy atom. The molecule has 2 rings (SSSR count). The smallest absolute Gasteiger partial charge is 0.0206 e. The van der Waals surface area contributed by atoms with Crippen molar-refractivity contribution < 1.29 is 0 Å². The largest absolute Gasteiger partial charge is 0.0848 e.